The Morgan fingerprint density at radius 1 is 1.00 bits per heavy atom. The molecule has 3 rings (SSSR count). The molecule has 0 atom stereocenters. The number of likely N-dealkylation sites (tertiary alicyclic amines) is 1. The normalized spacial score (nSPS) is 21.9. The van der Waals surface area contributed by atoms with E-state index in [1.165, 1.54) is 63.6 Å². The molecule has 0 N–H and O–H groups in total. The number of carbonyl (C=O) groups is 1. The van der Waals surface area contributed by atoms with Gasteiger partial charge >= 0.3 is 0 Å². The second kappa shape index (κ2) is 7.61. The van der Waals surface area contributed by atoms with Gasteiger partial charge in [-0.3, -0.25) is 4.79 Å². The Morgan fingerprint density at radius 3 is 2.23 bits per heavy atom. The summed E-state index contributed by atoms with van der Waals surface area (Å²) < 4.78 is 0. The van der Waals surface area contributed by atoms with Gasteiger partial charge in [0.05, 0.1) is 0 Å². The Kier molecular flexibility index (Phi) is 5.54. The first-order valence-electron chi connectivity index (χ1n) is 8.75. The smallest absolute Gasteiger partial charge is 0.252 e. The van der Waals surface area contributed by atoms with E-state index in [0.717, 1.165) is 18.4 Å². The highest BCUT2D eigenvalue weighted by molar-refractivity contribution is 6.67. The molecule has 0 unspecified atom stereocenters. The molecule has 0 aromatic heterocycles. The zero-order valence-corrected chi connectivity index (χ0v) is 14.0. The zero-order chi connectivity index (χ0) is 15.4. The van der Waals surface area contributed by atoms with Crippen molar-refractivity contribution in [2.24, 2.45) is 5.92 Å². The van der Waals surface area contributed by atoms with Gasteiger partial charge in [0.2, 0.25) is 0 Å². The van der Waals surface area contributed by atoms with Crippen molar-refractivity contribution in [3.63, 3.8) is 0 Å². The minimum absolute atomic E-state index is 0.368. The molecule has 0 bridgehead atoms. The summed E-state index contributed by atoms with van der Waals surface area (Å²) in [6.45, 7) is 2.54. The number of rotatable bonds is 4. The van der Waals surface area contributed by atoms with Crippen molar-refractivity contribution in [1.82, 2.24) is 4.90 Å². The number of nitrogens with zero attached hydrogens (tertiary/aromatic N) is 1. The molecule has 1 heterocycles. The van der Waals surface area contributed by atoms with Crippen molar-refractivity contribution in [2.75, 3.05) is 13.1 Å². The minimum Gasteiger partial charge on any atom is -0.300 e. The van der Waals surface area contributed by atoms with Crippen LogP contribution in [0.4, 0.5) is 0 Å². The van der Waals surface area contributed by atoms with Crippen LogP contribution in [0.2, 0.25) is 0 Å². The minimum atomic E-state index is -0.368. The largest absolute Gasteiger partial charge is 0.300 e. The molecule has 1 saturated carbocycles. The standard InChI is InChI=1S/C19H26ClNO/c20-19(22)17-8-6-15(7-9-17)14-16-10-12-21(13-11-16)18-4-2-1-3-5-18/h6-9,16,18H,1-5,10-14H2. The number of halogens is 1. The van der Waals surface area contributed by atoms with Gasteiger partial charge in [0.1, 0.15) is 0 Å². The summed E-state index contributed by atoms with van der Waals surface area (Å²) in [6, 6.07) is 8.68. The maximum Gasteiger partial charge on any atom is 0.252 e. The van der Waals surface area contributed by atoms with Crippen molar-refractivity contribution >= 4 is 16.8 Å². The predicted octanol–water partition coefficient (Wildman–Crippen LogP) is 4.65. The van der Waals surface area contributed by atoms with Gasteiger partial charge in [0.25, 0.3) is 5.24 Å². The van der Waals surface area contributed by atoms with E-state index in [1.54, 1.807) is 0 Å². The van der Waals surface area contributed by atoms with Crippen LogP contribution in [0.15, 0.2) is 24.3 Å². The Balaban J connectivity index is 1.48. The Hall–Kier alpha value is -0.860. The maximum absolute atomic E-state index is 11.1. The molecule has 1 saturated heterocycles. The van der Waals surface area contributed by atoms with E-state index in [4.69, 9.17) is 11.6 Å². The van der Waals surface area contributed by atoms with Gasteiger partial charge in [0, 0.05) is 11.6 Å². The van der Waals surface area contributed by atoms with Gasteiger partial charge in [-0.15, -0.1) is 0 Å². The molecule has 22 heavy (non-hydrogen) atoms. The molecule has 2 nitrogen and oxygen atoms in total. The lowest BCUT2D eigenvalue weighted by Crippen LogP contribution is -2.42. The van der Waals surface area contributed by atoms with E-state index in [2.05, 4.69) is 17.0 Å². The first-order valence-corrected chi connectivity index (χ1v) is 9.13. The third kappa shape index (κ3) is 4.11. The number of hydrogen-bond acceptors (Lipinski definition) is 2. The summed E-state index contributed by atoms with van der Waals surface area (Å²) in [7, 11) is 0. The number of piperidine rings is 1. The molecule has 2 fully saturated rings. The lowest BCUT2D eigenvalue weighted by Gasteiger charge is -2.39. The lowest BCUT2D eigenvalue weighted by atomic mass is 9.87. The fraction of sp³-hybridized carbons (Fsp3) is 0.632. The first-order chi connectivity index (χ1) is 10.7. The summed E-state index contributed by atoms with van der Waals surface area (Å²) in [5, 5.41) is -0.368. The zero-order valence-electron chi connectivity index (χ0n) is 13.3. The highest BCUT2D eigenvalue weighted by Gasteiger charge is 2.26. The lowest BCUT2D eigenvalue weighted by molar-refractivity contribution is 0.107. The van der Waals surface area contributed by atoms with Gasteiger partial charge in [-0.2, -0.15) is 0 Å². The van der Waals surface area contributed by atoms with E-state index in [0.29, 0.717) is 5.56 Å². The van der Waals surface area contributed by atoms with E-state index >= 15 is 0 Å². The summed E-state index contributed by atoms with van der Waals surface area (Å²) in [6.07, 6.45) is 10.9. The quantitative estimate of drug-likeness (QED) is 0.753. The van der Waals surface area contributed by atoms with E-state index in [1.807, 2.05) is 12.1 Å². The molecule has 120 valence electrons. The molecular weight excluding hydrogens is 294 g/mol. The van der Waals surface area contributed by atoms with Crippen LogP contribution < -0.4 is 0 Å². The van der Waals surface area contributed by atoms with Crippen molar-refractivity contribution < 1.29 is 4.79 Å². The van der Waals surface area contributed by atoms with Crippen molar-refractivity contribution in [3.05, 3.63) is 35.4 Å². The fourth-order valence-corrected chi connectivity index (χ4v) is 4.20. The van der Waals surface area contributed by atoms with Crippen LogP contribution in [0.3, 0.4) is 0 Å². The van der Waals surface area contributed by atoms with Crippen LogP contribution in [0.1, 0.15) is 60.9 Å². The second-order valence-corrected chi connectivity index (χ2v) is 7.29. The van der Waals surface area contributed by atoms with Crippen LogP contribution in [0, 0.1) is 5.92 Å². The van der Waals surface area contributed by atoms with Crippen molar-refractivity contribution in [3.8, 4) is 0 Å². The predicted molar refractivity (Wildman–Crippen MR) is 91.5 cm³/mol. The number of hydrogen-bond donors (Lipinski definition) is 0. The molecular formula is C19H26ClNO. The van der Waals surface area contributed by atoms with Gasteiger partial charge in [0.15, 0.2) is 0 Å². The highest BCUT2D eigenvalue weighted by atomic mass is 35.5. The molecule has 0 amide bonds. The van der Waals surface area contributed by atoms with Gasteiger partial charge in [-0.05, 0) is 80.4 Å². The van der Waals surface area contributed by atoms with Crippen molar-refractivity contribution in [1.29, 1.82) is 0 Å². The molecule has 3 heteroatoms. The van der Waals surface area contributed by atoms with E-state index < -0.39 is 0 Å². The Morgan fingerprint density at radius 2 is 1.64 bits per heavy atom. The van der Waals surface area contributed by atoms with Crippen LogP contribution in [0.5, 0.6) is 0 Å². The molecule has 1 aliphatic carbocycles. The summed E-state index contributed by atoms with van der Waals surface area (Å²) >= 11 is 5.49. The fourth-order valence-electron chi connectivity index (χ4n) is 4.07. The third-order valence-electron chi connectivity index (χ3n) is 5.45. The maximum atomic E-state index is 11.1. The van der Waals surface area contributed by atoms with Crippen molar-refractivity contribution in [2.45, 2.75) is 57.4 Å². The average molecular weight is 320 g/mol. The van der Waals surface area contributed by atoms with Gasteiger partial charge in [-0.25, -0.2) is 0 Å². The molecule has 1 aromatic carbocycles. The number of carbonyl (C=O) groups excluding carboxylic acids is 1. The third-order valence-corrected chi connectivity index (χ3v) is 5.66. The number of benzene rings is 1. The monoisotopic (exact) mass is 319 g/mol. The molecule has 1 aliphatic heterocycles. The molecule has 0 radical (unpaired) electrons. The van der Waals surface area contributed by atoms with Gasteiger partial charge < -0.3 is 4.90 Å². The van der Waals surface area contributed by atoms with E-state index in [9.17, 15) is 4.79 Å². The summed E-state index contributed by atoms with van der Waals surface area (Å²) in [4.78, 5) is 13.8. The average Bonchev–Trinajstić information content (AvgIpc) is 2.57. The second-order valence-electron chi connectivity index (χ2n) is 6.95. The summed E-state index contributed by atoms with van der Waals surface area (Å²) in [5.41, 5.74) is 1.93. The Labute approximate surface area is 138 Å². The van der Waals surface area contributed by atoms with Crippen LogP contribution >= 0.6 is 11.6 Å². The van der Waals surface area contributed by atoms with E-state index in [-0.39, 0.29) is 5.24 Å². The SMILES string of the molecule is O=C(Cl)c1ccc(CC2CCN(C3CCCCC3)CC2)cc1. The van der Waals surface area contributed by atoms with Gasteiger partial charge in [-0.1, -0.05) is 31.4 Å². The van der Waals surface area contributed by atoms with Crippen LogP contribution in [-0.4, -0.2) is 29.3 Å². The topological polar surface area (TPSA) is 20.3 Å². The molecule has 1 aromatic rings. The first kappa shape index (κ1) is 16.0. The molecule has 2 aliphatic rings. The highest BCUT2D eigenvalue weighted by Crippen LogP contribution is 2.28. The van der Waals surface area contributed by atoms with Crippen LogP contribution in [-0.2, 0) is 6.42 Å². The Bertz CT molecular complexity index is 485. The van der Waals surface area contributed by atoms with Crippen LogP contribution in [0.25, 0.3) is 0 Å². The summed E-state index contributed by atoms with van der Waals surface area (Å²) in [5.74, 6) is 0.789. The molecule has 0 spiro atoms.